The molecule has 3 aliphatic heterocycles. The molecular weight excluding hydrogens is 593 g/mol. The maximum absolute atomic E-state index is 13.9. The van der Waals surface area contributed by atoms with Gasteiger partial charge in [0, 0.05) is 62.7 Å². The fourth-order valence-electron chi connectivity index (χ4n) is 5.81. The molecule has 2 aromatic heterocycles. The molecule has 3 fully saturated rings. The zero-order valence-electron chi connectivity index (χ0n) is 23.0. The topological polar surface area (TPSA) is 98.1 Å². The highest BCUT2D eigenvalue weighted by atomic mass is 35.5. The number of nitrogens with zero attached hydrogens (tertiary/aromatic N) is 6. The van der Waals surface area contributed by atoms with Crippen molar-refractivity contribution in [1.29, 1.82) is 0 Å². The van der Waals surface area contributed by atoms with Crippen molar-refractivity contribution in [1.82, 2.24) is 24.8 Å². The molecule has 0 bridgehead atoms. The lowest BCUT2D eigenvalue weighted by atomic mass is 9.98. The van der Waals surface area contributed by atoms with Gasteiger partial charge in [0.05, 0.1) is 23.0 Å². The van der Waals surface area contributed by atoms with Crippen LogP contribution in [0.1, 0.15) is 47.8 Å². The van der Waals surface area contributed by atoms with Gasteiger partial charge in [-0.05, 0) is 43.9 Å². The van der Waals surface area contributed by atoms with Gasteiger partial charge in [0.2, 0.25) is 0 Å². The predicted molar refractivity (Wildman–Crippen MR) is 157 cm³/mol. The van der Waals surface area contributed by atoms with Crippen LogP contribution >= 0.6 is 11.6 Å². The number of likely N-dealkylation sites (tertiary alicyclic amines) is 1. The summed E-state index contributed by atoms with van der Waals surface area (Å²) in [6.07, 6.45) is 0.491. The molecule has 0 spiro atoms. The number of alkyl halides is 3. The first-order chi connectivity index (χ1) is 20.1. The van der Waals surface area contributed by atoms with Crippen LogP contribution in [0.2, 0.25) is 5.02 Å². The zero-order valence-corrected chi connectivity index (χ0v) is 24.6. The molecule has 3 unspecified atom stereocenters. The Bertz CT molecular complexity index is 1510. The highest BCUT2D eigenvalue weighted by molar-refractivity contribution is 7.85. The number of piperidine rings is 1. The maximum atomic E-state index is 13.9. The highest BCUT2D eigenvalue weighted by Crippen LogP contribution is 2.36. The number of aromatic nitrogens is 3. The average molecular weight is 625 g/mol. The Morgan fingerprint density at radius 2 is 1.90 bits per heavy atom. The monoisotopic (exact) mass is 624 g/mol. The van der Waals surface area contributed by atoms with Gasteiger partial charge in [0.25, 0.3) is 5.91 Å². The second-order valence-electron chi connectivity index (χ2n) is 10.9. The number of benzene rings is 1. The van der Waals surface area contributed by atoms with Gasteiger partial charge in [-0.15, -0.1) is 0 Å². The number of carbonyl (C=O) groups is 1. The number of hydrogen-bond donors (Lipinski definition) is 2. The molecule has 3 aliphatic rings. The van der Waals surface area contributed by atoms with Crippen LogP contribution in [0.5, 0.6) is 0 Å². The van der Waals surface area contributed by atoms with Crippen LogP contribution < -0.4 is 19.8 Å². The summed E-state index contributed by atoms with van der Waals surface area (Å²) in [7, 11) is -1.40. The minimum atomic E-state index is -4.37. The largest absolute Gasteiger partial charge is 0.405 e. The van der Waals surface area contributed by atoms with E-state index in [0.29, 0.717) is 58.8 Å². The molecule has 15 heteroatoms. The first-order valence-corrected chi connectivity index (χ1v) is 15.9. The lowest BCUT2D eigenvalue weighted by Gasteiger charge is -2.37. The van der Waals surface area contributed by atoms with E-state index in [4.69, 9.17) is 21.7 Å². The normalized spacial score (nSPS) is 22.3. The summed E-state index contributed by atoms with van der Waals surface area (Å²) in [5, 5.41) is 7.83. The number of fused-ring (bicyclic) bond motifs is 1. The SMILES string of the molecule is CS(=O)Nc1ccc(Cl)cc1C(=O)N1CCCCC1c1cc2nc(N3CCC3)cc(N3CCNC(C(F)(F)F)C3)n2n1. The minimum absolute atomic E-state index is 0.185. The summed E-state index contributed by atoms with van der Waals surface area (Å²) >= 11 is 6.25. The summed E-state index contributed by atoms with van der Waals surface area (Å²) in [4.78, 5) is 24.3. The number of nitrogens with one attached hydrogen (secondary N) is 2. The molecule has 3 atom stereocenters. The van der Waals surface area contributed by atoms with Crippen molar-refractivity contribution in [3.63, 3.8) is 0 Å². The number of halogens is 4. The molecule has 0 radical (unpaired) electrons. The summed E-state index contributed by atoms with van der Waals surface area (Å²) in [5.74, 6) is 0.984. The molecular formula is C27H32ClF3N8O2S. The van der Waals surface area contributed by atoms with E-state index in [1.54, 1.807) is 32.5 Å². The van der Waals surface area contributed by atoms with E-state index < -0.39 is 23.2 Å². The first kappa shape index (κ1) is 29.0. The second kappa shape index (κ2) is 11.5. The van der Waals surface area contributed by atoms with Gasteiger partial charge in [-0.2, -0.15) is 22.8 Å². The van der Waals surface area contributed by atoms with Gasteiger partial charge in [-0.1, -0.05) is 11.6 Å². The molecule has 3 saturated heterocycles. The van der Waals surface area contributed by atoms with Crippen molar-refractivity contribution in [2.24, 2.45) is 0 Å². The van der Waals surface area contributed by atoms with Crippen molar-refractivity contribution < 1.29 is 22.2 Å². The number of amides is 1. The summed E-state index contributed by atoms with van der Waals surface area (Å²) in [6.45, 7) is 2.49. The van der Waals surface area contributed by atoms with E-state index in [0.717, 1.165) is 32.4 Å². The van der Waals surface area contributed by atoms with Gasteiger partial charge < -0.3 is 24.7 Å². The van der Waals surface area contributed by atoms with Gasteiger partial charge in [-0.3, -0.25) is 4.79 Å². The average Bonchev–Trinajstić information content (AvgIpc) is 3.36. The molecule has 1 amide bonds. The molecule has 2 N–H and O–H groups in total. The quantitative estimate of drug-likeness (QED) is 0.428. The third-order valence-corrected chi connectivity index (χ3v) is 8.80. The van der Waals surface area contributed by atoms with Crippen LogP contribution in [0.4, 0.5) is 30.5 Å². The second-order valence-corrected chi connectivity index (χ2v) is 12.5. The number of rotatable bonds is 6. The van der Waals surface area contributed by atoms with E-state index >= 15 is 0 Å². The van der Waals surface area contributed by atoms with Crippen molar-refractivity contribution in [2.75, 3.05) is 60.0 Å². The van der Waals surface area contributed by atoms with E-state index in [2.05, 4.69) is 14.9 Å². The Morgan fingerprint density at radius 3 is 2.62 bits per heavy atom. The van der Waals surface area contributed by atoms with Crippen LogP contribution in [0.25, 0.3) is 5.65 Å². The van der Waals surface area contributed by atoms with Crippen LogP contribution in [-0.4, -0.2) is 87.4 Å². The van der Waals surface area contributed by atoms with Gasteiger partial charge in [-0.25, -0.2) is 9.19 Å². The maximum Gasteiger partial charge on any atom is 0.405 e. The zero-order chi connectivity index (χ0) is 29.6. The Morgan fingerprint density at radius 1 is 1.10 bits per heavy atom. The van der Waals surface area contributed by atoms with Crippen LogP contribution in [0.15, 0.2) is 30.3 Å². The highest BCUT2D eigenvalue weighted by Gasteiger charge is 2.42. The predicted octanol–water partition coefficient (Wildman–Crippen LogP) is 4.01. The standard InChI is InChI=1S/C27H32ClF3N8O2S/c1-42(41)35-19-7-6-17(28)13-18(19)26(40)38-11-3-2-5-21(38)20-14-24-33-23(36-9-4-10-36)15-25(39(24)34-20)37-12-8-32-22(16-37)27(29,30)31/h6-7,13-15,21-22,32,35H,2-5,8-12,16H2,1H3. The molecule has 5 heterocycles. The van der Waals surface area contributed by atoms with E-state index in [9.17, 15) is 22.2 Å². The molecule has 0 aliphatic carbocycles. The smallest absolute Gasteiger partial charge is 0.356 e. The molecule has 1 aromatic carbocycles. The fourth-order valence-corrected chi connectivity index (χ4v) is 6.47. The summed E-state index contributed by atoms with van der Waals surface area (Å²) in [6, 6.07) is 6.46. The minimum Gasteiger partial charge on any atom is -0.356 e. The number of anilines is 3. The number of carbonyl (C=O) groups excluding carboxylic acids is 1. The first-order valence-electron chi connectivity index (χ1n) is 14.0. The van der Waals surface area contributed by atoms with Crippen molar-refractivity contribution in [2.45, 2.75) is 43.9 Å². The molecule has 3 aromatic rings. The number of hydrogen-bond acceptors (Lipinski definition) is 7. The molecule has 10 nitrogen and oxygen atoms in total. The third-order valence-electron chi connectivity index (χ3n) is 8.06. The lowest BCUT2D eigenvalue weighted by Crippen LogP contribution is -2.57. The van der Waals surface area contributed by atoms with Gasteiger partial charge >= 0.3 is 6.18 Å². The Labute approximate surface area is 248 Å². The Hall–Kier alpha value is -3.10. The van der Waals surface area contributed by atoms with E-state index in [1.807, 2.05) is 12.1 Å². The summed E-state index contributed by atoms with van der Waals surface area (Å²) < 4.78 is 57.3. The van der Waals surface area contributed by atoms with E-state index in [1.165, 1.54) is 6.26 Å². The molecule has 226 valence electrons. The Balaban J connectivity index is 1.38. The molecule has 42 heavy (non-hydrogen) atoms. The lowest BCUT2D eigenvalue weighted by molar-refractivity contribution is -0.155. The fraction of sp³-hybridized carbons (Fsp3) is 0.519. The van der Waals surface area contributed by atoms with Gasteiger partial charge in [0.1, 0.15) is 28.7 Å². The third kappa shape index (κ3) is 5.76. The molecule has 6 rings (SSSR count). The number of piperazine rings is 1. The van der Waals surface area contributed by atoms with Crippen LogP contribution in [0.3, 0.4) is 0 Å². The summed E-state index contributed by atoms with van der Waals surface area (Å²) in [5.41, 5.74) is 1.88. The van der Waals surface area contributed by atoms with Gasteiger partial charge in [0.15, 0.2) is 5.65 Å². The van der Waals surface area contributed by atoms with Crippen molar-refractivity contribution in [3.8, 4) is 0 Å². The van der Waals surface area contributed by atoms with E-state index in [-0.39, 0.29) is 25.0 Å². The Kier molecular flexibility index (Phi) is 7.96. The van der Waals surface area contributed by atoms with Crippen LogP contribution in [-0.2, 0) is 11.0 Å². The van der Waals surface area contributed by atoms with Crippen molar-refractivity contribution in [3.05, 3.63) is 46.6 Å². The van der Waals surface area contributed by atoms with Crippen LogP contribution in [0, 0.1) is 0 Å². The van der Waals surface area contributed by atoms with Crippen molar-refractivity contribution >= 4 is 51.5 Å². The molecule has 0 saturated carbocycles.